The number of hydrogen-bond acceptors (Lipinski definition) is 8. The van der Waals surface area contributed by atoms with Crippen molar-refractivity contribution in [1.29, 1.82) is 0 Å². The number of nitrogens with zero attached hydrogens (tertiary/aromatic N) is 3. The van der Waals surface area contributed by atoms with Crippen LogP contribution in [-0.2, 0) is 24.0 Å². The Balaban J connectivity index is 3.75. The average molecular weight is 622 g/mol. The molecule has 5 amide bonds. The molecule has 0 spiro atoms. The van der Waals surface area contributed by atoms with Crippen molar-refractivity contribution in [3.8, 4) is 0 Å². The standard InChI is InChI=1S/C25H48AsN5O8/c1-21(32)29(37)18-9-3-6-16-27-22(33)12-14-25(36)31(39)20-10-4-7-17-28-23(34)11-13-24(35)30(38)19-8-2-5-15-26/h37-39H,2-20,26H2,1H3,(H,27,33)(H,28,34). The van der Waals surface area contributed by atoms with Gasteiger partial charge in [0.2, 0.25) is 17.7 Å². The fraction of sp³-hybridized carbons (Fsp3) is 0.800. The van der Waals surface area contributed by atoms with Crippen LogP contribution in [-0.4, -0.2) is 110 Å². The van der Waals surface area contributed by atoms with Crippen molar-refractivity contribution in [2.75, 3.05) is 32.7 Å². The Hall–Kier alpha value is -2.21. The molecule has 0 rings (SSSR count). The molecule has 0 aromatic rings. The predicted octanol–water partition coefficient (Wildman–Crippen LogP) is 1.01. The molecule has 0 aromatic carbocycles. The van der Waals surface area contributed by atoms with Crippen molar-refractivity contribution in [2.24, 2.45) is 0 Å². The van der Waals surface area contributed by atoms with Gasteiger partial charge in [-0.3, -0.25) is 24.8 Å². The summed E-state index contributed by atoms with van der Waals surface area (Å²) in [5.41, 5.74) is 0. The van der Waals surface area contributed by atoms with Crippen LogP contribution in [0.25, 0.3) is 0 Å². The second-order valence-electron chi connectivity index (χ2n) is 9.35. The quantitative estimate of drug-likeness (QED) is 0.0486. The van der Waals surface area contributed by atoms with Crippen LogP contribution in [0.15, 0.2) is 0 Å². The summed E-state index contributed by atoms with van der Waals surface area (Å²) in [7, 11) is 0. The minimum atomic E-state index is -0.542. The molecule has 0 saturated carbocycles. The van der Waals surface area contributed by atoms with Crippen LogP contribution in [0.2, 0.25) is 5.21 Å². The van der Waals surface area contributed by atoms with Crippen molar-refractivity contribution in [3.63, 3.8) is 0 Å². The molecule has 0 bridgehead atoms. The first-order valence-electron chi connectivity index (χ1n) is 13.8. The van der Waals surface area contributed by atoms with Crippen LogP contribution in [0, 0.1) is 0 Å². The molecule has 1 unspecified atom stereocenters. The van der Waals surface area contributed by atoms with Crippen LogP contribution in [0.1, 0.15) is 90.4 Å². The third-order valence-corrected chi connectivity index (χ3v) is 6.74. The van der Waals surface area contributed by atoms with Gasteiger partial charge in [-0.25, -0.2) is 10.1 Å². The Morgan fingerprint density at radius 1 is 0.564 bits per heavy atom. The van der Waals surface area contributed by atoms with Crippen molar-refractivity contribution in [2.45, 2.75) is 95.6 Å². The zero-order chi connectivity index (χ0) is 29.5. The van der Waals surface area contributed by atoms with Crippen LogP contribution in [0.4, 0.5) is 0 Å². The monoisotopic (exact) mass is 621 g/mol. The molecule has 0 heterocycles. The van der Waals surface area contributed by atoms with E-state index in [1.54, 1.807) is 16.9 Å². The van der Waals surface area contributed by atoms with Gasteiger partial charge in [-0.15, -0.1) is 0 Å². The number of nitrogens with one attached hydrogen (secondary N) is 2. The number of carbonyl (C=O) groups is 5. The summed E-state index contributed by atoms with van der Waals surface area (Å²) < 4.78 is 0. The van der Waals surface area contributed by atoms with Crippen LogP contribution < -0.4 is 10.6 Å². The first kappa shape index (κ1) is 36.8. The van der Waals surface area contributed by atoms with Gasteiger partial charge in [-0.1, -0.05) is 0 Å². The molecule has 39 heavy (non-hydrogen) atoms. The van der Waals surface area contributed by atoms with E-state index in [1.165, 1.54) is 6.92 Å². The molecule has 0 aromatic heterocycles. The van der Waals surface area contributed by atoms with E-state index in [1.807, 2.05) is 0 Å². The fourth-order valence-electron chi connectivity index (χ4n) is 3.45. The van der Waals surface area contributed by atoms with Gasteiger partial charge in [-0.05, 0) is 38.5 Å². The maximum atomic E-state index is 12.0. The second kappa shape index (κ2) is 23.7. The topological polar surface area (TPSA) is 180 Å². The number of unbranched alkanes of at least 4 members (excludes halogenated alkanes) is 6. The first-order chi connectivity index (χ1) is 18.6. The number of carbonyl (C=O) groups excluding carboxylic acids is 5. The number of hydrogen-bond donors (Lipinski definition) is 5. The van der Waals surface area contributed by atoms with E-state index >= 15 is 0 Å². The maximum absolute atomic E-state index is 12.0. The van der Waals surface area contributed by atoms with Gasteiger partial charge in [0.05, 0.1) is 0 Å². The minimum absolute atomic E-state index is 0.00342. The van der Waals surface area contributed by atoms with Gasteiger partial charge in [-0.2, -0.15) is 0 Å². The van der Waals surface area contributed by atoms with Gasteiger partial charge >= 0.3 is 104 Å². The van der Waals surface area contributed by atoms with Crippen molar-refractivity contribution in [1.82, 2.24) is 25.8 Å². The molecule has 0 aliphatic heterocycles. The van der Waals surface area contributed by atoms with E-state index in [0.717, 1.165) is 30.9 Å². The van der Waals surface area contributed by atoms with Crippen LogP contribution in [0.3, 0.4) is 0 Å². The molecule has 0 aliphatic carbocycles. The summed E-state index contributed by atoms with van der Waals surface area (Å²) in [4.78, 5) is 58.4. The summed E-state index contributed by atoms with van der Waals surface area (Å²) in [6, 6.07) is 0. The van der Waals surface area contributed by atoms with Gasteiger partial charge < -0.3 is 5.32 Å². The zero-order valence-electron chi connectivity index (χ0n) is 23.2. The van der Waals surface area contributed by atoms with Crippen LogP contribution >= 0.6 is 0 Å². The molecule has 5 N–H and O–H groups in total. The average Bonchev–Trinajstić information content (AvgIpc) is 2.91. The third kappa shape index (κ3) is 21.3. The molecule has 0 saturated heterocycles. The summed E-state index contributed by atoms with van der Waals surface area (Å²) in [5, 5.41) is 37.3. The second-order valence-corrected chi connectivity index (χ2v) is 10.6. The van der Waals surface area contributed by atoms with Crippen molar-refractivity contribution in [3.05, 3.63) is 0 Å². The Bertz CT molecular complexity index is 743. The Morgan fingerprint density at radius 2 is 0.949 bits per heavy atom. The molecule has 13 nitrogen and oxygen atoms in total. The Labute approximate surface area is 240 Å². The Morgan fingerprint density at radius 3 is 1.33 bits per heavy atom. The molecule has 0 radical (unpaired) electrons. The third-order valence-electron chi connectivity index (χ3n) is 5.88. The summed E-state index contributed by atoms with van der Waals surface area (Å²) in [6.07, 6.45) is 6.42. The number of hydroxylamine groups is 6. The van der Waals surface area contributed by atoms with E-state index in [2.05, 4.69) is 10.6 Å². The Kier molecular flexibility index (Phi) is 22.3. The SMILES string of the molecule is CC(=O)N(O)CCCCCNC(=O)CCC(=O)N(O)CCCCCNC(=O)CCC(=O)N(O)CCCCC[AsH2]. The molecule has 14 heteroatoms. The van der Waals surface area contributed by atoms with E-state index in [-0.39, 0.29) is 57.1 Å². The van der Waals surface area contributed by atoms with Crippen LogP contribution in [0.5, 0.6) is 0 Å². The predicted molar refractivity (Wildman–Crippen MR) is 146 cm³/mol. The number of amides is 5. The number of rotatable bonds is 23. The van der Waals surface area contributed by atoms with E-state index in [9.17, 15) is 39.6 Å². The van der Waals surface area contributed by atoms with E-state index < -0.39 is 17.7 Å². The molecule has 0 aliphatic rings. The normalized spacial score (nSPS) is 10.6. The summed E-state index contributed by atoms with van der Waals surface area (Å²) in [6.45, 7) is 2.75. The molecule has 0 fully saturated rings. The van der Waals surface area contributed by atoms with Gasteiger partial charge in [0, 0.05) is 39.4 Å². The van der Waals surface area contributed by atoms with Gasteiger partial charge in [0.1, 0.15) is 0 Å². The molecule has 1 atom stereocenters. The van der Waals surface area contributed by atoms with Crippen molar-refractivity contribution >= 4 is 46.4 Å². The first-order valence-corrected chi connectivity index (χ1v) is 15.5. The van der Waals surface area contributed by atoms with E-state index in [0.29, 0.717) is 60.4 Å². The summed E-state index contributed by atoms with van der Waals surface area (Å²) >= 11 is 1.66. The molecular weight excluding hydrogens is 573 g/mol. The van der Waals surface area contributed by atoms with Gasteiger partial charge in [0.15, 0.2) is 0 Å². The fourth-order valence-corrected chi connectivity index (χ4v) is 4.05. The van der Waals surface area contributed by atoms with E-state index in [4.69, 9.17) is 0 Å². The summed E-state index contributed by atoms with van der Waals surface area (Å²) in [5.74, 6) is -1.98. The zero-order valence-corrected chi connectivity index (χ0v) is 25.7. The molecule has 226 valence electrons. The van der Waals surface area contributed by atoms with Gasteiger partial charge in [0.25, 0.3) is 0 Å². The molecular formula is C25H48AsN5O8. The van der Waals surface area contributed by atoms with Crippen molar-refractivity contribution < 1.29 is 39.6 Å².